The number of hydrogen-bond donors (Lipinski definition) is 1. The molecule has 0 saturated carbocycles. The number of hydrogen-bond acceptors (Lipinski definition) is 4. The van der Waals surface area contributed by atoms with Crippen molar-refractivity contribution in [2.75, 3.05) is 20.7 Å². The van der Waals surface area contributed by atoms with Crippen molar-refractivity contribution in [3.63, 3.8) is 0 Å². The van der Waals surface area contributed by atoms with E-state index in [2.05, 4.69) is 4.72 Å². The zero-order valence-electron chi connectivity index (χ0n) is 16.9. The van der Waals surface area contributed by atoms with Gasteiger partial charge in [-0.2, -0.15) is 0 Å². The van der Waals surface area contributed by atoms with Crippen LogP contribution in [0.1, 0.15) is 37.8 Å². The maximum absolute atomic E-state index is 13.2. The Morgan fingerprint density at radius 2 is 1.76 bits per heavy atom. The van der Waals surface area contributed by atoms with Crippen molar-refractivity contribution in [2.24, 2.45) is 0 Å². The summed E-state index contributed by atoms with van der Waals surface area (Å²) in [5.74, 6) is -0.0651. The first kappa shape index (κ1) is 22.8. The Labute approximate surface area is 171 Å². The number of sulfonamides is 1. The Bertz CT molecular complexity index is 899. The second-order valence-corrected chi connectivity index (χ2v) is 8.49. The molecule has 29 heavy (non-hydrogen) atoms. The van der Waals surface area contributed by atoms with Gasteiger partial charge in [-0.25, -0.2) is 17.5 Å². The number of rotatable bonds is 10. The van der Waals surface area contributed by atoms with Crippen LogP contribution in [0.15, 0.2) is 53.4 Å². The number of methoxy groups -OCH3 is 1. The van der Waals surface area contributed by atoms with Crippen molar-refractivity contribution in [3.8, 4) is 5.75 Å². The molecule has 0 saturated heterocycles. The Balaban J connectivity index is 2.28. The van der Waals surface area contributed by atoms with Gasteiger partial charge in [0, 0.05) is 20.0 Å². The van der Waals surface area contributed by atoms with Gasteiger partial charge in [-0.15, -0.1) is 0 Å². The summed E-state index contributed by atoms with van der Waals surface area (Å²) in [5, 5.41) is 0. The summed E-state index contributed by atoms with van der Waals surface area (Å²) in [5.41, 5.74) is 0.633. The molecule has 0 fully saturated rings. The first-order valence-electron chi connectivity index (χ1n) is 9.42. The van der Waals surface area contributed by atoms with E-state index in [4.69, 9.17) is 4.74 Å². The smallest absolute Gasteiger partial charge is 0.241 e. The second-order valence-electron chi connectivity index (χ2n) is 6.77. The molecule has 0 radical (unpaired) electrons. The van der Waals surface area contributed by atoms with Gasteiger partial charge >= 0.3 is 0 Å². The summed E-state index contributed by atoms with van der Waals surface area (Å²) >= 11 is 0. The lowest BCUT2D eigenvalue weighted by Crippen LogP contribution is -2.35. The van der Waals surface area contributed by atoms with Crippen molar-refractivity contribution in [1.82, 2.24) is 9.62 Å². The van der Waals surface area contributed by atoms with Gasteiger partial charge in [0.05, 0.1) is 18.0 Å². The van der Waals surface area contributed by atoms with Crippen LogP contribution in [0.5, 0.6) is 5.75 Å². The van der Waals surface area contributed by atoms with Crippen LogP contribution in [0.4, 0.5) is 4.39 Å². The Kier molecular flexibility index (Phi) is 8.16. The van der Waals surface area contributed by atoms with Crippen LogP contribution < -0.4 is 9.46 Å². The number of halogens is 1. The third kappa shape index (κ3) is 6.54. The van der Waals surface area contributed by atoms with E-state index in [1.807, 2.05) is 6.92 Å². The molecule has 0 bridgehead atoms. The molecule has 0 aliphatic heterocycles. The molecule has 2 aromatic rings. The minimum absolute atomic E-state index is 0.0348. The van der Waals surface area contributed by atoms with Crippen LogP contribution >= 0.6 is 0 Å². The van der Waals surface area contributed by atoms with Gasteiger partial charge < -0.3 is 9.64 Å². The minimum Gasteiger partial charge on any atom is -0.497 e. The van der Waals surface area contributed by atoms with Crippen LogP contribution in [0, 0.1) is 5.82 Å². The van der Waals surface area contributed by atoms with E-state index < -0.39 is 21.9 Å². The highest BCUT2D eigenvalue weighted by Gasteiger charge is 2.25. The van der Waals surface area contributed by atoms with Gasteiger partial charge in [0.15, 0.2) is 0 Å². The summed E-state index contributed by atoms with van der Waals surface area (Å²) < 4.78 is 46.5. The number of nitrogens with one attached hydrogen (secondary N) is 1. The summed E-state index contributed by atoms with van der Waals surface area (Å²) in [7, 11) is -0.703. The molecule has 0 unspecified atom stereocenters. The average molecular weight is 423 g/mol. The molecule has 0 aliphatic rings. The molecule has 2 aromatic carbocycles. The Hall–Kier alpha value is -2.45. The highest BCUT2D eigenvalue weighted by Crippen LogP contribution is 2.24. The standard InChI is InChI=1S/C21H27FN2O4S/c1-4-5-14-24(2)21(25)15-20(16-6-10-18(28-3)11-7-16)23-29(26,27)19-12-8-17(22)9-13-19/h6-13,20,23H,4-5,14-15H2,1-3H3/t20-/m0/s1. The normalized spacial score (nSPS) is 12.4. The molecule has 8 heteroatoms. The highest BCUT2D eigenvalue weighted by atomic mass is 32.2. The molecule has 0 aromatic heterocycles. The molecule has 0 aliphatic carbocycles. The van der Waals surface area contributed by atoms with Crippen molar-refractivity contribution >= 4 is 15.9 Å². The predicted octanol–water partition coefficient (Wildman–Crippen LogP) is 3.50. The highest BCUT2D eigenvalue weighted by molar-refractivity contribution is 7.89. The zero-order chi connectivity index (χ0) is 21.4. The first-order chi connectivity index (χ1) is 13.8. The lowest BCUT2D eigenvalue weighted by Gasteiger charge is -2.23. The van der Waals surface area contributed by atoms with E-state index in [9.17, 15) is 17.6 Å². The number of benzene rings is 2. The van der Waals surface area contributed by atoms with Gasteiger partial charge in [-0.3, -0.25) is 4.79 Å². The number of carbonyl (C=O) groups is 1. The van der Waals surface area contributed by atoms with Gasteiger partial charge in [-0.05, 0) is 48.4 Å². The van der Waals surface area contributed by atoms with Crippen molar-refractivity contribution in [3.05, 3.63) is 59.9 Å². The number of carbonyl (C=O) groups excluding carboxylic acids is 1. The SMILES string of the molecule is CCCCN(C)C(=O)C[C@H](NS(=O)(=O)c1ccc(F)cc1)c1ccc(OC)cc1. The maximum atomic E-state index is 13.2. The maximum Gasteiger partial charge on any atom is 0.241 e. The van der Waals surface area contributed by atoms with Crippen LogP contribution in [-0.2, 0) is 14.8 Å². The van der Waals surface area contributed by atoms with E-state index >= 15 is 0 Å². The van der Waals surface area contributed by atoms with Gasteiger partial charge in [0.1, 0.15) is 11.6 Å². The van der Waals surface area contributed by atoms with Gasteiger partial charge in [0.2, 0.25) is 15.9 Å². The average Bonchev–Trinajstić information content (AvgIpc) is 2.71. The largest absolute Gasteiger partial charge is 0.497 e. The van der Waals surface area contributed by atoms with Gasteiger partial charge in [0.25, 0.3) is 0 Å². The van der Waals surface area contributed by atoms with E-state index in [1.165, 1.54) is 19.2 Å². The second kappa shape index (κ2) is 10.4. The molecular weight excluding hydrogens is 395 g/mol. The number of nitrogens with zero attached hydrogens (tertiary/aromatic N) is 1. The monoisotopic (exact) mass is 422 g/mol. The number of amides is 1. The molecule has 0 heterocycles. The lowest BCUT2D eigenvalue weighted by molar-refractivity contribution is -0.130. The lowest BCUT2D eigenvalue weighted by atomic mass is 10.0. The molecule has 2 rings (SSSR count). The summed E-state index contributed by atoms with van der Waals surface area (Å²) in [4.78, 5) is 14.2. The van der Waals surface area contributed by atoms with Crippen LogP contribution in [0.25, 0.3) is 0 Å². The molecule has 1 N–H and O–H groups in total. The summed E-state index contributed by atoms with van der Waals surface area (Å²) in [6.07, 6.45) is 1.79. The van der Waals surface area contributed by atoms with E-state index in [0.717, 1.165) is 25.0 Å². The number of ether oxygens (including phenoxy) is 1. The van der Waals surface area contributed by atoms with Crippen molar-refractivity contribution in [2.45, 2.75) is 37.1 Å². The molecular formula is C21H27FN2O4S. The van der Waals surface area contributed by atoms with Crippen LogP contribution in [0.3, 0.4) is 0 Å². The third-order valence-corrected chi connectivity index (χ3v) is 6.08. The molecule has 1 amide bonds. The number of unbranched alkanes of at least 4 members (excludes halogenated alkanes) is 1. The van der Waals surface area contributed by atoms with Crippen molar-refractivity contribution < 1.29 is 22.3 Å². The van der Waals surface area contributed by atoms with E-state index in [1.54, 1.807) is 36.2 Å². The summed E-state index contributed by atoms with van der Waals surface area (Å²) in [6.45, 7) is 2.64. The third-order valence-electron chi connectivity index (χ3n) is 4.59. The minimum atomic E-state index is -3.95. The first-order valence-corrected chi connectivity index (χ1v) is 10.9. The molecule has 6 nitrogen and oxygen atoms in total. The fraction of sp³-hybridized carbons (Fsp3) is 0.381. The Morgan fingerprint density at radius 1 is 1.14 bits per heavy atom. The quantitative estimate of drug-likeness (QED) is 0.636. The fourth-order valence-electron chi connectivity index (χ4n) is 2.78. The fourth-order valence-corrected chi connectivity index (χ4v) is 4.01. The molecule has 0 spiro atoms. The Morgan fingerprint density at radius 3 is 2.31 bits per heavy atom. The molecule has 158 valence electrons. The predicted molar refractivity (Wildman–Crippen MR) is 110 cm³/mol. The summed E-state index contributed by atoms with van der Waals surface area (Å²) in [6, 6.07) is 10.6. The van der Waals surface area contributed by atoms with Gasteiger partial charge in [-0.1, -0.05) is 25.5 Å². The van der Waals surface area contributed by atoms with Crippen molar-refractivity contribution in [1.29, 1.82) is 0 Å². The topological polar surface area (TPSA) is 75.7 Å². The van der Waals surface area contributed by atoms with Crippen LogP contribution in [-0.4, -0.2) is 39.9 Å². The van der Waals surface area contributed by atoms with E-state index in [-0.39, 0.29) is 17.2 Å². The van der Waals surface area contributed by atoms with E-state index in [0.29, 0.717) is 17.9 Å². The molecule has 1 atom stereocenters. The van der Waals surface area contributed by atoms with Crippen LogP contribution in [0.2, 0.25) is 0 Å². The zero-order valence-corrected chi connectivity index (χ0v) is 17.7.